The fourth-order valence-electron chi connectivity index (χ4n) is 1.99. The van der Waals surface area contributed by atoms with Gasteiger partial charge in [-0.1, -0.05) is 21.1 Å². The highest BCUT2D eigenvalue weighted by Gasteiger charge is 2.13. The highest BCUT2D eigenvalue weighted by atomic mass is 79.9. The van der Waals surface area contributed by atoms with Gasteiger partial charge in [0.05, 0.1) is 4.90 Å². The van der Waals surface area contributed by atoms with Crippen molar-refractivity contribution in [3.05, 3.63) is 40.5 Å². The molecule has 1 aromatic carbocycles. The van der Waals surface area contributed by atoms with E-state index in [0.29, 0.717) is 31.1 Å². The molecule has 8 nitrogen and oxygen atoms in total. The monoisotopic (exact) mass is 430 g/mol. The van der Waals surface area contributed by atoms with Crippen molar-refractivity contribution < 1.29 is 17.7 Å². The van der Waals surface area contributed by atoms with Gasteiger partial charge in [-0.25, -0.2) is 13.1 Å². The van der Waals surface area contributed by atoms with Gasteiger partial charge in [-0.3, -0.25) is 4.79 Å². The number of carbonyl (C=O) groups is 1. The summed E-state index contributed by atoms with van der Waals surface area (Å²) in [6.07, 6.45) is 1.31. The molecule has 2 aromatic rings. The third-order valence-corrected chi connectivity index (χ3v) is 5.23. The van der Waals surface area contributed by atoms with Crippen molar-refractivity contribution in [2.45, 2.75) is 31.1 Å². The molecule has 136 valence electrons. The maximum atomic E-state index is 12.1. The van der Waals surface area contributed by atoms with Gasteiger partial charge in [0.25, 0.3) is 0 Å². The number of sulfonamides is 1. The van der Waals surface area contributed by atoms with Crippen LogP contribution >= 0.6 is 15.9 Å². The molecule has 0 saturated heterocycles. The third kappa shape index (κ3) is 6.56. The Kier molecular flexibility index (Phi) is 7.09. The first-order valence-electron chi connectivity index (χ1n) is 7.68. The Labute approximate surface area is 154 Å². The second-order valence-electron chi connectivity index (χ2n) is 5.29. The van der Waals surface area contributed by atoms with E-state index in [1.165, 1.54) is 12.1 Å². The van der Waals surface area contributed by atoms with E-state index in [1.54, 1.807) is 19.1 Å². The van der Waals surface area contributed by atoms with Gasteiger partial charge in [-0.2, -0.15) is 4.98 Å². The van der Waals surface area contributed by atoms with Crippen molar-refractivity contribution in [2.24, 2.45) is 0 Å². The van der Waals surface area contributed by atoms with Crippen LogP contribution in [0.3, 0.4) is 0 Å². The molecule has 0 aliphatic carbocycles. The number of carbonyl (C=O) groups excluding carboxylic acids is 1. The normalized spacial score (nSPS) is 11.4. The zero-order valence-corrected chi connectivity index (χ0v) is 16.1. The first-order valence-corrected chi connectivity index (χ1v) is 9.95. The summed E-state index contributed by atoms with van der Waals surface area (Å²) in [6, 6.07) is 6.27. The first kappa shape index (κ1) is 19.5. The van der Waals surface area contributed by atoms with Gasteiger partial charge in [0.15, 0.2) is 5.82 Å². The van der Waals surface area contributed by atoms with Crippen LogP contribution in [-0.2, 0) is 21.2 Å². The predicted molar refractivity (Wildman–Crippen MR) is 94.3 cm³/mol. The van der Waals surface area contributed by atoms with Crippen molar-refractivity contribution in [1.29, 1.82) is 0 Å². The van der Waals surface area contributed by atoms with Gasteiger partial charge in [0.2, 0.25) is 21.8 Å². The topological polar surface area (TPSA) is 114 Å². The summed E-state index contributed by atoms with van der Waals surface area (Å²) in [5.74, 6) is 0.895. The molecule has 0 atom stereocenters. The molecule has 1 aromatic heterocycles. The lowest BCUT2D eigenvalue weighted by Crippen LogP contribution is -2.31. The van der Waals surface area contributed by atoms with Crippen LogP contribution in [0.4, 0.5) is 0 Å². The van der Waals surface area contributed by atoms with E-state index >= 15 is 0 Å². The maximum absolute atomic E-state index is 12.1. The van der Waals surface area contributed by atoms with E-state index in [2.05, 4.69) is 36.1 Å². The molecule has 2 rings (SSSR count). The van der Waals surface area contributed by atoms with Crippen LogP contribution in [0, 0.1) is 6.92 Å². The molecule has 0 spiro atoms. The Morgan fingerprint density at radius 3 is 2.60 bits per heavy atom. The van der Waals surface area contributed by atoms with Crippen LogP contribution in [-0.4, -0.2) is 37.6 Å². The third-order valence-electron chi connectivity index (χ3n) is 3.23. The molecule has 0 unspecified atom stereocenters. The number of hydrogen-bond donors (Lipinski definition) is 2. The molecule has 0 radical (unpaired) electrons. The zero-order valence-electron chi connectivity index (χ0n) is 13.7. The summed E-state index contributed by atoms with van der Waals surface area (Å²) >= 11 is 3.25. The summed E-state index contributed by atoms with van der Waals surface area (Å²) in [6.45, 7) is 2.23. The zero-order chi connectivity index (χ0) is 18.3. The smallest absolute Gasteiger partial charge is 0.240 e. The van der Waals surface area contributed by atoms with Crippen molar-refractivity contribution >= 4 is 31.9 Å². The molecule has 2 N–H and O–H groups in total. The average molecular weight is 431 g/mol. The number of rotatable bonds is 9. The van der Waals surface area contributed by atoms with Gasteiger partial charge in [0.1, 0.15) is 0 Å². The van der Waals surface area contributed by atoms with Gasteiger partial charge < -0.3 is 9.84 Å². The number of nitrogens with zero attached hydrogens (tertiary/aromatic N) is 2. The molecule has 0 bridgehead atoms. The summed E-state index contributed by atoms with van der Waals surface area (Å²) in [5, 5.41) is 6.41. The minimum atomic E-state index is -3.61. The summed E-state index contributed by atoms with van der Waals surface area (Å²) in [7, 11) is -3.61. The first-order chi connectivity index (χ1) is 11.9. The fourth-order valence-corrected chi connectivity index (χ4v) is 3.29. The quantitative estimate of drug-likeness (QED) is 0.583. The summed E-state index contributed by atoms with van der Waals surface area (Å²) in [5.41, 5.74) is 0. The Morgan fingerprint density at radius 1 is 1.24 bits per heavy atom. The Bertz CT molecular complexity index is 805. The lowest BCUT2D eigenvalue weighted by molar-refractivity contribution is -0.120. The van der Waals surface area contributed by atoms with Crippen LogP contribution in [0.25, 0.3) is 0 Å². The molecule has 0 fully saturated rings. The number of aromatic nitrogens is 2. The number of aryl methyl sites for hydroxylation is 2. The van der Waals surface area contributed by atoms with E-state index in [0.717, 1.165) is 4.47 Å². The highest BCUT2D eigenvalue weighted by Crippen LogP contribution is 2.14. The molecule has 1 amide bonds. The minimum Gasteiger partial charge on any atom is -0.356 e. The van der Waals surface area contributed by atoms with Crippen LogP contribution < -0.4 is 10.0 Å². The van der Waals surface area contributed by atoms with Crippen molar-refractivity contribution in [1.82, 2.24) is 20.2 Å². The molecular weight excluding hydrogens is 412 g/mol. The number of nitrogens with one attached hydrogen (secondary N) is 2. The summed E-state index contributed by atoms with van der Waals surface area (Å²) < 4.78 is 32.3. The van der Waals surface area contributed by atoms with Crippen molar-refractivity contribution in [2.75, 3.05) is 13.1 Å². The van der Waals surface area contributed by atoms with Crippen LogP contribution in [0.1, 0.15) is 24.6 Å². The second-order valence-corrected chi connectivity index (χ2v) is 7.97. The van der Waals surface area contributed by atoms with Gasteiger partial charge >= 0.3 is 0 Å². The second kappa shape index (κ2) is 9.07. The van der Waals surface area contributed by atoms with Crippen molar-refractivity contribution in [3.63, 3.8) is 0 Å². The molecule has 25 heavy (non-hydrogen) atoms. The predicted octanol–water partition coefficient (Wildman–Crippen LogP) is 1.56. The lowest BCUT2D eigenvalue weighted by Gasteiger charge is -2.07. The molecule has 0 aliphatic rings. The van der Waals surface area contributed by atoms with Crippen molar-refractivity contribution in [3.8, 4) is 0 Å². The lowest BCUT2D eigenvalue weighted by atomic mass is 10.3. The van der Waals surface area contributed by atoms with E-state index in [1.807, 2.05) is 0 Å². The van der Waals surface area contributed by atoms with E-state index in [4.69, 9.17) is 4.52 Å². The van der Waals surface area contributed by atoms with Crippen LogP contribution in [0.15, 0.2) is 38.2 Å². The SMILES string of the molecule is Cc1noc(CCCNC(=O)CCNS(=O)(=O)c2ccc(Br)cc2)n1. The highest BCUT2D eigenvalue weighted by molar-refractivity contribution is 9.10. The standard InChI is InChI=1S/C15H19BrN4O4S/c1-11-19-15(24-20-11)3-2-9-17-14(21)8-10-18-25(22,23)13-6-4-12(16)5-7-13/h4-7,18H,2-3,8-10H2,1H3,(H,17,21). The molecular formula is C15H19BrN4O4S. The average Bonchev–Trinajstić information content (AvgIpc) is 2.97. The van der Waals surface area contributed by atoms with Gasteiger partial charge in [-0.05, 0) is 37.6 Å². The van der Waals surface area contributed by atoms with Gasteiger partial charge in [-0.15, -0.1) is 0 Å². The molecule has 1 heterocycles. The van der Waals surface area contributed by atoms with Crippen LogP contribution in [0.2, 0.25) is 0 Å². The molecule has 0 saturated carbocycles. The number of amides is 1. The largest absolute Gasteiger partial charge is 0.356 e. The van der Waals surface area contributed by atoms with E-state index in [-0.39, 0.29) is 23.8 Å². The summed E-state index contributed by atoms with van der Waals surface area (Å²) in [4.78, 5) is 15.9. The molecule has 0 aliphatic heterocycles. The molecule has 10 heteroatoms. The Balaban J connectivity index is 1.65. The van der Waals surface area contributed by atoms with E-state index < -0.39 is 10.0 Å². The van der Waals surface area contributed by atoms with Crippen LogP contribution in [0.5, 0.6) is 0 Å². The number of hydrogen-bond acceptors (Lipinski definition) is 6. The fraction of sp³-hybridized carbons (Fsp3) is 0.400. The maximum Gasteiger partial charge on any atom is 0.240 e. The Morgan fingerprint density at radius 2 is 1.96 bits per heavy atom. The Hall–Kier alpha value is -1.78. The number of halogens is 1. The minimum absolute atomic E-state index is 0.0348. The number of benzene rings is 1. The van der Waals surface area contributed by atoms with E-state index in [9.17, 15) is 13.2 Å². The van der Waals surface area contributed by atoms with Gasteiger partial charge in [0, 0.05) is 30.4 Å².